The third-order valence-electron chi connectivity index (χ3n) is 2.07. The molecule has 0 fully saturated rings. The molecule has 1 aromatic carbocycles. The minimum Gasteiger partial charge on any atom is -0.396 e. The summed E-state index contributed by atoms with van der Waals surface area (Å²) in [4.78, 5) is 0. The highest BCUT2D eigenvalue weighted by atomic mass is 79.9. The van der Waals surface area contributed by atoms with Crippen LogP contribution in [0.5, 0.6) is 0 Å². The lowest BCUT2D eigenvalue weighted by molar-refractivity contribution is 0.282. The van der Waals surface area contributed by atoms with Crippen molar-refractivity contribution in [3.05, 3.63) is 28.7 Å². The summed E-state index contributed by atoms with van der Waals surface area (Å²) in [6.07, 6.45) is 1.83. The minimum atomic E-state index is 0.266. The number of nitrogens with one attached hydrogen (secondary N) is 1. The predicted octanol–water partition coefficient (Wildman–Crippen LogP) is 3.02. The molecule has 2 N–H and O–H groups in total. The zero-order valence-corrected chi connectivity index (χ0v) is 9.92. The SMILES string of the molecule is CC(CCCO)Nc1ccccc1Br. The van der Waals surface area contributed by atoms with Crippen molar-refractivity contribution in [2.45, 2.75) is 25.8 Å². The predicted molar refractivity (Wildman–Crippen MR) is 63.5 cm³/mol. The van der Waals surface area contributed by atoms with E-state index in [2.05, 4.69) is 28.2 Å². The topological polar surface area (TPSA) is 32.3 Å². The number of rotatable bonds is 5. The summed E-state index contributed by atoms with van der Waals surface area (Å²) in [7, 11) is 0. The first-order valence-corrected chi connectivity index (χ1v) is 5.65. The molecule has 0 aliphatic heterocycles. The van der Waals surface area contributed by atoms with E-state index >= 15 is 0 Å². The fourth-order valence-electron chi connectivity index (χ4n) is 1.31. The van der Waals surface area contributed by atoms with Crippen LogP contribution in [0.4, 0.5) is 5.69 Å². The molecule has 1 aromatic rings. The summed E-state index contributed by atoms with van der Waals surface area (Å²) < 4.78 is 1.08. The number of hydrogen-bond acceptors (Lipinski definition) is 2. The van der Waals surface area contributed by atoms with Crippen LogP contribution in [-0.4, -0.2) is 17.8 Å². The van der Waals surface area contributed by atoms with Crippen molar-refractivity contribution in [1.29, 1.82) is 0 Å². The molecular weight excluding hydrogens is 242 g/mol. The smallest absolute Gasteiger partial charge is 0.0486 e. The number of anilines is 1. The first-order valence-electron chi connectivity index (χ1n) is 4.86. The fraction of sp³-hybridized carbons (Fsp3) is 0.455. The number of aliphatic hydroxyl groups is 1. The molecule has 0 saturated carbocycles. The molecule has 1 unspecified atom stereocenters. The molecule has 3 heteroatoms. The van der Waals surface area contributed by atoms with Gasteiger partial charge in [-0.1, -0.05) is 12.1 Å². The van der Waals surface area contributed by atoms with Crippen LogP contribution in [-0.2, 0) is 0 Å². The number of para-hydroxylation sites is 1. The second-order valence-corrected chi connectivity index (χ2v) is 4.25. The van der Waals surface area contributed by atoms with Crippen LogP contribution in [0, 0.1) is 0 Å². The van der Waals surface area contributed by atoms with Gasteiger partial charge in [0.1, 0.15) is 0 Å². The van der Waals surface area contributed by atoms with Crippen LogP contribution in [0.3, 0.4) is 0 Å². The average molecular weight is 258 g/mol. The number of halogens is 1. The van der Waals surface area contributed by atoms with Crippen LogP contribution in [0.1, 0.15) is 19.8 Å². The van der Waals surface area contributed by atoms with Crippen LogP contribution >= 0.6 is 15.9 Å². The molecule has 0 spiro atoms. The fourth-order valence-corrected chi connectivity index (χ4v) is 1.71. The van der Waals surface area contributed by atoms with Gasteiger partial charge in [-0.3, -0.25) is 0 Å². The van der Waals surface area contributed by atoms with Crippen LogP contribution in [0.15, 0.2) is 28.7 Å². The van der Waals surface area contributed by atoms with Crippen molar-refractivity contribution in [3.8, 4) is 0 Å². The van der Waals surface area contributed by atoms with Crippen LogP contribution in [0.25, 0.3) is 0 Å². The maximum absolute atomic E-state index is 8.70. The van der Waals surface area contributed by atoms with Gasteiger partial charge >= 0.3 is 0 Å². The summed E-state index contributed by atoms with van der Waals surface area (Å²) in [5, 5.41) is 12.1. The largest absolute Gasteiger partial charge is 0.396 e. The summed E-state index contributed by atoms with van der Waals surface area (Å²) in [6, 6.07) is 8.45. The van der Waals surface area contributed by atoms with E-state index in [-0.39, 0.29) is 6.61 Å². The molecule has 0 bridgehead atoms. The van der Waals surface area contributed by atoms with E-state index in [1.54, 1.807) is 0 Å². The van der Waals surface area contributed by atoms with E-state index in [0.717, 1.165) is 23.0 Å². The van der Waals surface area contributed by atoms with E-state index in [1.165, 1.54) is 0 Å². The summed E-state index contributed by atoms with van der Waals surface area (Å²) in [6.45, 7) is 2.39. The van der Waals surface area contributed by atoms with Crippen molar-refractivity contribution >= 4 is 21.6 Å². The molecule has 0 amide bonds. The third-order valence-corrected chi connectivity index (χ3v) is 2.76. The molecule has 0 aliphatic carbocycles. The molecule has 0 radical (unpaired) electrons. The Morgan fingerprint density at radius 2 is 2.14 bits per heavy atom. The Morgan fingerprint density at radius 3 is 2.79 bits per heavy atom. The van der Waals surface area contributed by atoms with Gasteiger partial charge in [-0.05, 0) is 47.8 Å². The minimum absolute atomic E-state index is 0.266. The number of benzene rings is 1. The zero-order valence-electron chi connectivity index (χ0n) is 8.33. The summed E-state index contributed by atoms with van der Waals surface area (Å²) in [5.41, 5.74) is 1.11. The Balaban J connectivity index is 2.47. The second kappa shape index (κ2) is 6.04. The lowest BCUT2D eigenvalue weighted by Crippen LogP contribution is -2.15. The zero-order chi connectivity index (χ0) is 10.4. The molecule has 1 atom stereocenters. The van der Waals surface area contributed by atoms with Gasteiger partial charge in [0.05, 0.1) is 0 Å². The second-order valence-electron chi connectivity index (χ2n) is 3.39. The average Bonchev–Trinajstić information content (AvgIpc) is 2.18. The molecule has 0 saturated heterocycles. The Kier molecular flexibility index (Phi) is 4.98. The highest BCUT2D eigenvalue weighted by Crippen LogP contribution is 2.22. The van der Waals surface area contributed by atoms with Crippen LogP contribution < -0.4 is 5.32 Å². The highest BCUT2D eigenvalue weighted by molar-refractivity contribution is 9.10. The van der Waals surface area contributed by atoms with Gasteiger partial charge in [0, 0.05) is 22.8 Å². The third kappa shape index (κ3) is 3.68. The van der Waals surface area contributed by atoms with Gasteiger partial charge in [-0.25, -0.2) is 0 Å². The van der Waals surface area contributed by atoms with Crippen molar-refractivity contribution in [1.82, 2.24) is 0 Å². The van der Waals surface area contributed by atoms with Gasteiger partial charge in [0.15, 0.2) is 0 Å². The molecule has 2 nitrogen and oxygen atoms in total. The highest BCUT2D eigenvalue weighted by Gasteiger charge is 2.03. The van der Waals surface area contributed by atoms with E-state index in [4.69, 9.17) is 5.11 Å². The van der Waals surface area contributed by atoms with E-state index in [1.807, 2.05) is 24.3 Å². The summed E-state index contributed by atoms with van der Waals surface area (Å²) >= 11 is 3.48. The maximum atomic E-state index is 8.70. The first kappa shape index (κ1) is 11.5. The molecular formula is C11H16BrNO. The molecule has 78 valence electrons. The van der Waals surface area contributed by atoms with Crippen molar-refractivity contribution in [3.63, 3.8) is 0 Å². The Labute approximate surface area is 93.5 Å². The molecule has 0 aromatic heterocycles. The van der Waals surface area contributed by atoms with Crippen molar-refractivity contribution in [2.24, 2.45) is 0 Å². The van der Waals surface area contributed by atoms with Gasteiger partial charge in [-0.15, -0.1) is 0 Å². The Hall–Kier alpha value is -0.540. The molecule has 1 rings (SSSR count). The standard InChI is InChI=1S/C11H16BrNO/c1-9(5-4-8-14)13-11-7-3-2-6-10(11)12/h2-3,6-7,9,13-14H,4-5,8H2,1H3. The normalized spacial score (nSPS) is 12.5. The van der Waals surface area contributed by atoms with Gasteiger partial charge in [0.2, 0.25) is 0 Å². The Morgan fingerprint density at radius 1 is 1.43 bits per heavy atom. The number of aliphatic hydroxyl groups excluding tert-OH is 1. The number of hydrogen-bond donors (Lipinski definition) is 2. The van der Waals surface area contributed by atoms with Crippen molar-refractivity contribution < 1.29 is 5.11 Å². The van der Waals surface area contributed by atoms with Crippen molar-refractivity contribution in [2.75, 3.05) is 11.9 Å². The van der Waals surface area contributed by atoms with E-state index < -0.39 is 0 Å². The lowest BCUT2D eigenvalue weighted by Gasteiger charge is -2.15. The van der Waals surface area contributed by atoms with Gasteiger partial charge < -0.3 is 10.4 Å². The monoisotopic (exact) mass is 257 g/mol. The molecule has 0 aliphatic rings. The lowest BCUT2D eigenvalue weighted by atomic mass is 10.2. The van der Waals surface area contributed by atoms with Crippen LogP contribution in [0.2, 0.25) is 0 Å². The van der Waals surface area contributed by atoms with Gasteiger partial charge in [0.25, 0.3) is 0 Å². The molecule has 14 heavy (non-hydrogen) atoms. The maximum Gasteiger partial charge on any atom is 0.0486 e. The summed E-state index contributed by atoms with van der Waals surface area (Å²) in [5.74, 6) is 0. The quantitative estimate of drug-likeness (QED) is 0.850. The van der Waals surface area contributed by atoms with E-state index in [0.29, 0.717) is 6.04 Å². The Bertz CT molecular complexity index is 278. The first-order chi connectivity index (χ1) is 6.74. The van der Waals surface area contributed by atoms with E-state index in [9.17, 15) is 0 Å². The molecule has 0 heterocycles. The van der Waals surface area contributed by atoms with Gasteiger partial charge in [-0.2, -0.15) is 0 Å².